The van der Waals surface area contributed by atoms with Gasteiger partial charge in [0.25, 0.3) is 0 Å². The number of carboxylic acid groups (broad SMARTS) is 1. The Labute approximate surface area is 122 Å². The molecule has 1 unspecified atom stereocenters. The van der Waals surface area contributed by atoms with E-state index in [1.165, 1.54) is 11.1 Å². The summed E-state index contributed by atoms with van der Waals surface area (Å²) < 4.78 is 0. The summed E-state index contributed by atoms with van der Waals surface area (Å²) in [5.41, 5.74) is 3.72. The van der Waals surface area contributed by atoms with Crippen LogP contribution in [0.2, 0.25) is 5.02 Å². The summed E-state index contributed by atoms with van der Waals surface area (Å²) in [4.78, 5) is 11.0. The van der Waals surface area contributed by atoms with Crippen LogP contribution in [-0.2, 0) is 12.8 Å². The zero-order valence-electron chi connectivity index (χ0n) is 10.8. The Bertz CT molecular complexity index is 669. The molecule has 0 aromatic heterocycles. The summed E-state index contributed by atoms with van der Waals surface area (Å²) in [5, 5.41) is 13.2. The van der Waals surface area contributed by atoms with E-state index in [1.54, 1.807) is 18.2 Å². The molecule has 0 amide bonds. The molecule has 20 heavy (non-hydrogen) atoms. The Balaban J connectivity index is 1.74. The van der Waals surface area contributed by atoms with Crippen molar-refractivity contribution in [3.8, 4) is 0 Å². The molecule has 0 heterocycles. The molecule has 0 radical (unpaired) electrons. The summed E-state index contributed by atoms with van der Waals surface area (Å²) in [6.45, 7) is 0. The molecule has 2 aromatic rings. The van der Waals surface area contributed by atoms with Crippen LogP contribution < -0.4 is 5.32 Å². The molecular formula is C16H14ClNO2. The molecule has 0 aliphatic heterocycles. The van der Waals surface area contributed by atoms with Crippen LogP contribution in [0.25, 0.3) is 0 Å². The lowest BCUT2D eigenvalue weighted by Gasteiger charge is -2.13. The molecule has 0 bridgehead atoms. The summed E-state index contributed by atoms with van der Waals surface area (Å²) >= 11 is 6.00. The summed E-state index contributed by atoms with van der Waals surface area (Å²) in [6.07, 6.45) is 1.84. The van der Waals surface area contributed by atoms with Crippen LogP contribution >= 0.6 is 11.6 Å². The van der Waals surface area contributed by atoms with E-state index in [2.05, 4.69) is 11.4 Å². The third-order valence-corrected chi connectivity index (χ3v) is 3.82. The summed E-state index contributed by atoms with van der Waals surface area (Å²) in [6, 6.07) is 13.2. The third kappa shape index (κ3) is 2.63. The van der Waals surface area contributed by atoms with Gasteiger partial charge < -0.3 is 10.4 Å². The highest BCUT2D eigenvalue weighted by atomic mass is 35.5. The molecule has 102 valence electrons. The maximum absolute atomic E-state index is 11.0. The van der Waals surface area contributed by atoms with E-state index in [9.17, 15) is 4.79 Å². The van der Waals surface area contributed by atoms with Gasteiger partial charge in [0.2, 0.25) is 0 Å². The topological polar surface area (TPSA) is 49.3 Å². The number of nitrogens with one attached hydrogen (secondary N) is 1. The SMILES string of the molecule is O=C(O)c1cccc(NC2Cc3ccc(Cl)cc3C2)c1. The molecule has 1 atom stereocenters. The Morgan fingerprint density at radius 2 is 1.95 bits per heavy atom. The molecule has 0 saturated heterocycles. The number of fused-ring (bicyclic) bond motifs is 1. The lowest BCUT2D eigenvalue weighted by Crippen LogP contribution is -2.19. The highest BCUT2D eigenvalue weighted by Gasteiger charge is 2.21. The highest BCUT2D eigenvalue weighted by Crippen LogP contribution is 2.27. The second-order valence-corrected chi connectivity index (χ2v) is 5.48. The molecule has 3 rings (SSSR count). The number of hydrogen-bond donors (Lipinski definition) is 2. The van der Waals surface area contributed by atoms with Crippen molar-refractivity contribution >= 4 is 23.3 Å². The average molecular weight is 288 g/mol. The van der Waals surface area contributed by atoms with Crippen LogP contribution in [0.3, 0.4) is 0 Å². The number of benzene rings is 2. The molecule has 0 spiro atoms. The Hall–Kier alpha value is -2.00. The highest BCUT2D eigenvalue weighted by molar-refractivity contribution is 6.30. The first kappa shape index (κ1) is 13.0. The molecule has 3 nitrogen and oxygen atoms in total. The van der Waals surface area contributed by atoms with Crippen molar-refractivity contribution in [1.82, 2.24) is 0 Å². The Morgan fingerprint density at radius 3 is 2.75 bits per heavy atom. The van der Waals surface area contributed by atoms with Crippen molar-refractivity contribution in [2.75, 3.05) is 5.32 Å². The van der Waals surface area contributed by atoms with Crippen molar-refractivity contribution in [3.05, 3.63) is 64.2 Å². The zero-order chi connectivity index (χ0) is 14.1. The van der Waals surface area contributed by atoms with Crippen LogP contribution in [-0.4, -0.2) is 17.1 Å². The lowest BCUT2D eigenvalue weighted by atomic mass is 10.1. The monoisotopic (exact) mass is 287 g/mol. The van der Waals surface area contributed by atoms with Crippen LogP contribution in [0.4, 0.5) is 5.69 Å². The van der Waals surface area contributed by atoms with Gasteiger partial charge in [-0.05, 0) is 54.3 Å². The Kier molecular flexibility index (Phi) is 3.36. The molecule has 1 aliphatic carbocycles. The van der Waals surface area contributed by atoms with Gasteiger partial charge >= 0.3 is 5.97 Å². The lowest BCUT2D eigenvalue weighted by molar-refractivity contribution is 0.0697. The van der Waals surface area contributed by atoms with Gasteiger partial charge in [0.15, 0.2) is 0 Å². The van der Waals surface area contributed by atoms with Crippen LogP contribution in [0, 0.1) is 0 Å². The number of hydrogen-bond acceptors (Lipinski definition) is 2. The van der Waals surface area contributed by atoms with Crippen molar-refractivity contribution in [3.63, 3.8) is 0 Å². The quantitative estimate of drug-likeness (QED) is 0.906. The second-order valence-electron chi connectivity index (χ2n) is 5.05. The predicted molar refractivity (Wildman–Crippen MR) is 79.7 cm³/mol. The zero-order valence-corrected chi connectivity index (χ0v) is 11.5. The number of rotatable bonds is 3. The molecule has 0 fully saturated rings. The smallest absolute Gasteiger partial charge is 0.335 e. The maximum Gasteiger partial charge on any atom is 0.335 e. The first-order valence-electron chi connectivity index (χ1n) is 6.49. The van der Waals surface area contributed by atoms with E-state index in [1.807, 2.05) is 18.2 Å². The molecule has 0 saturated carbocycles. The largest absolute Gasteiger partial charge is 0.478 e. The minimum atomic E-state index is -0.907. The van der Waals surface area contributed by atoms with E-state index in [4.69, 9.17) is 16.7 Å². The summed E-state index contributed by atoms with van der Waals surface area (Å²) in [7, 11) is 0. The van der Waals surface area contributed by atoms with E-state index in [0.717, 1.165) is 23.6 Å². The molecule has 4 heteroatoms. The van der Waals surface area contributed by atoms with E-state index < -0.39 is 5.97 Å². The van der Waals surface area contributed by atoms with Crippen molar-refractivity contribution in [1.29, 1.82) is 0 Å². The number of carboxylic acids is 1. The van der Waals surface area contributed by atoms with Crippen LogP contribution in [0.1, 0.15) is 21.5 Å². The fraction of sp³-hybridized carbons (Fsp3) is 0.188. The molecule has 1 aliphatic rings. The number of aromatic carboxylic acids is 1. The van der Waals surface area contributed by atoms with Gasteiger partial charge in [0, 0.05) is 16.8 Å². The fourth-order valence-corrected chi connectivity index (χ4v) is 2.86. The second kappa shape index (κ2) is 5.17. The van der Waals surface area contributed by atoms with Gasteiger partial charge in [-0.1, -0.05) is 23.7 Å². The standard InChI is InChI=1S/C16H14ClNO2/c17-13-5-4-10-7-15(9-12(10)6-13)18-14-3-1-2-11(8-14)16(19)20/h1-6,8,15,18H,7,9H2,(H,19,20). The number of anilines is 1. The first-order valence-corrected chi connectivity index (χ1v) is 6.87. The van der Waals surface area contributed by atoms with Gasteiger partial charge in [0.05, 0.1) is 5.56 Å². The molecule has 2 N–H and O–H groups in total. The van der Waals surface area contributed by atoms with Crippen molar-refractivity contribution < 1.29 is 9.90 Å². The van der Waals surface area contributed by atoms with Crippen molar-refractivity contribution in [2.24, 2.45) is 0 Å². The average Bonchev–Trinajstić information content (AvgIpc) is 2.80. The van der Waals surface area contributed by atoms with E-state index in [-0.39, 0.29) is 6.04 Å². The van der Waals surface area contributed by atoms with Gasteiger partial charge in [0.1, 0.15) is 0 Å². The Morgan fingerprint density at radius 1 is 1.15 bits per heavy atom. The minimum Gasteiger partial charge on any atom is -0.478 e. The third-order valence-electron chi connectivity index (χ3n) is 3.58. The number of halogens is 1. The normalized spacial score (nSPS) is 16.8. The van der Waals surface area contributed by atoms with Gasteiger partial charge in [-0.3, -0.25) is 0 Å². The van der Waals surface area contributed by atoms with Crippen LogP contribution in [0.5, 0.6) is 0 Å². The van der Waals surface area contributed by atoms with E-state index >= 15 is 0 Å². The van der Waals surface area contributed by atoms with Gasteiger partial charge in [-0.25, -0.2) is 4.79 Å². The van der Waals surface area contributed by atoms with E-state index in [0.29, 0.717) is 5.56 Å². The molecular weight excluding hydrogens is 274 g/mol. The number of carbonyl (C=O) groups is 1. The van der Waals surface area contributed by atoms with Crippen molar-refractivity contribution in [2.45, 2.75) is 18.9 Å². The molecule has 2 aromatic carbocycles. The minimum absolute atomic E-state index is 0.285. The predicted octanol–water partition coefficient (Wildman–Crippen LogP) is 3.62. The fourth-order valence-electron chi connectivity index (χ4n) is 2.67. The van der Waals surface area contributed by atoms with Gasteiger partial charge in [-0.15, -0.1) is 0 Å². The van der Waals surface area contributed by atoms with Crippen LogP contribution in [0.15, 0.2) is 42.5 Å². The van der Waals surface area contributed by atoms with Gasteiger partial charge in [-0.2, -0.15) is 0 Å². The maximum atomic E-state index is 11.0. The summed E-state index contributed by atoms with van der Waals surface area (Å²) in [5.74, 6) is -0.907. The first-order chi connectivity index (χ1) is 9.61.